The second-order valence-corrected chi connectivity index (χ2v) is 7.00. The maximum absolute atomic E-state index is 12.4. The summed E-state index contributed by atoms with van der Waals surface area (Å²) in [5, 5.41) is 9.18. The molecule has 0 unspecified atom stereocenters. The van der Waals surface area contributed by atoms with E-state index in [9.17, 15) is 9.90 Å². The zero-order valence-electron chi connectivity index (χ0n) is 11.6. The van der Waals surface area contributed by atoms with Crippen molar-refractivity contribution in [3.05, 3.63) is 51.2 Å². The number of aliphatic hydroxyl groups is 1. The minimum Gasteiger partial charge on any atom is -0.395 e. The molecule has 1 heterocycles. The quantitative estimate of drug-likeness (QED) is 0.813. The number of aliphatic hydroxyl groups excluding tert-OH is 1. The summed E-state index contributed by atoms with van der Waals surface area (Å²) in [5.41, 5.74) is 1.04. The molecule has 0 saturated carbocycles. The van der Waals surface area contributed by atoms with Gasteiger partial charge in [-0.05, 0) is 36.1 Å². The molecule has 6 heteroatoms. The molecule has 0 saturated heterocycles. The molecule has 0 fully saturated rings. The van der Waals surface area contributed by atoms with Gasteiger partial charge in [-0.1, -0.05) is 23.7 Å². The molecule has 2 aromatic rings. The molecule has 112 valence electrons. The molecule has 1 amide bonds. The fraction of sp³-hybridized carbons (Fsp3) is 0.267. The Balaban J connectivity index is 2.12. The Labute approximate surface area is 137 Å². The highest BCUT2D eigenvalue weighted by atomic mass is 35.5. The molecule has 0 atom stereocenters. The molecular weight excluding hydrogens is 326 g/mol. The number of thioether (sulfide) groups is 1. The summed E-state index contributed by atoms with van der Waals surface area (Å²) in [6.07, 6.45) is 2.02. The van der Waals surface area contributed by atoms with Crippen LogP contribution in [0.25, 0.3) is 0 Å². The molecule has 0 bridgehead atoms. The third-order valence-electron chi connectivity index (χ3n) is 2.97. The Morgan fingerprint density at radius 3 is 2.52 bits per heavy atom. The number of nitrogens with zero attached hydrogens (tertiary/aromatic N) is 1. The van der Waals surface area contributed by atoms with E-state index in [1.165, 1.54) is 16.2 Å². The number of halogens is 1. The van der Waals surface area contributed by atoms with Crippen LogP contribution in [-0.4, -0.2) is 35.3 Å². The Hall–Kier alpha value is -1.01. The average Bonchev–Trinajstić information content (AvgIpc) is 2.93. The molecule has 1 N–H and O–H groups in total. The molecule has 21 heavy (non-hydrogen) atoms. The largest absolute Gasteiger partial charge is 0.395 e. The van der Waals surface area contributed by atoms with Crippen molar-refractivity contribution in [3.63, 3.8) is 0 Å². The summed E-state index contributed by atoms with van der Waals surface area (Å²) < 4.78 is 0.589. The normalized spacial score (nSPS) is 10.6. The topological polar surface area (TPSA) is 40.5 Å². The third-order valence-corrected chi connectivity index (χ3v) is 4.94. The number of benzene rings is 1. The molecule has 2 rings (SSSR count). The Bertz CT molecular complexity index is 598. The molecular formula is C15H16ClNO2S2. The first-order valence-corrected chi connectivity index (χ1v) is 8.84. The number of carbonyl (C=O) groups excluding carboxylic acids is 1. The summed E-state index contributed by atoms with van der Waals surface area (Å²) in [7, 11) is 0. The van der Waals surface area contributed by atoms with Gasteiger partial charge in [0.2, 0.25) is 0 Å². The molecule has 0 aliphatic heterocycles. The first kappa shape index (κ1) is 16.4. The summed E-state index contributed by atoms with van der Waals surface area (Å²) >= 11 is 8.81. The minimum atomic E-state index is -0.102. The van der Waals surface area contributed by atoms with Gasteiger partial charge in [0.25, 0.3) is 5.91 Å². The van der Waals surface area contributed by atoms with Crippen LogP contribution < -0.4 is 0 Å². The van der Waals surface area contributed by atoms with Gasteiger partial charge < -0.3 is 10.0 Å². The van der Waals surface area contributed by atoms with Gasteiger partial charge in [0.15, 0.2) is 0 Å². The van der Waals surface area contributed by atoms with E-state index < -0.39 is 0 Å². The molecule has 0 aliphatic carbocycles. The molecule has 1 aromatic carbocycles. The molecule has 3 nitrogen and oxygen atoms in total. The smallest absolute Gasteiger partial charge is 0.264 e. The lowest BCUT2D eigenvalue weighted by Gasteiger charge is -2.21. The van der Waals surface area contributed by atoms with Crippen molar-refractivity contribution in [2.24, 2.45) is 0 Å². The van der Waals surface area contributed by atoms with E-state index in [-0.39, 0.29) is 12.5 Å². The fourth-order valence-corrected chi connectivity index (χ4v) is 3.33. The monoisotopic (exact) mass is 341 g/mol. The molecule has 0 aliphatic rings. The predicted molar refractivity (Wildman–Crippen MR) is 89.4 cm³/mol. The Kier molecular flexibility index (Phi) is 6.11. The highest BCUT2D eigenvalue weighted by molar-refractivity contribution is 7.98. The van der Waals surface area contributed by atoms with Crippen LogP contribution in [0, 0.1) is 0 Å². The number of hydrogen-bond donors (Lipinski definition) is 1. The van der Waals surface area contributed by atoms with Crippen molar-refractivity contribution in [2.75, 3.05) is 19.4 Å². The van der Waals surface area contributed by atoms with Crippen LogP contribution in [0.1, 0.15) is 15.2 Å². The lowest BCUT2D eigenvalue weighted by atomic mass is 10.2. The van der Waals surface area contributed by atoms with E-state index in [1.807, 2.05) is 30.5 Å². The molecule has 0 spiro atoms. The van der Waals surface area contributed by atoms with Crippen LogP contribution >= 0.6 is 34.7 Å². The van der Waals surface area contributed by atoms with E-state index in [2.05, 4.69) is 0 Å². The summed E-state index contributed by atoms with van der Waals surface area (Å²) in [6.45, 7) is 0.718. The zero-order chi connectivity index (χ0) is 15.2. The van der Waals surface area contributed by atoms with E-state index in [4.69, 9.17) is 11.6 Å². The van der Waals surface area contributed by atoms with Crippen molar-refractivity contribution < 1.29 is 9.90 Å². The van der Waals surface area contributed by atoms with Crippen LogP contribution in [0.5, 0.6) is 0 Å². The van der Waals surface area contributed by atoms with Gasteiger partial charge in [-0.3, -0.25) is 4.79 Å². The van der Waals surface area contributed by atoms with Gasteiger partial charge in [-0.15, -0.1) is 23.1 Å². The second kappa shape index (κ2) is 7.84. The number of rotatable bonds is 6. The Morgan fingerprint density at radius 2 is 2.00 bits per heavy atom. The van der Waals surface area contributed by atoms with Crippen molar-refractivity contribution in [2.45, 2.75) is 11.4 Å². The summed E-state index contributed by atoms with van der Waals surface area (Å²) in [4.78, 5) is 15.8. The lowest BCUT2D eigenvalue weighted by molar-refractivity contribution is 0.0712. The summed E-state index contributed by atoms with van der Waals surface area (Å²) in [6, 6.07) is 11.5. The van der Waals surface area contributed by atoms with E-state index in [0.717, 1.165) is 5.56 Å². The number of carbonyl (C=O) groups is 1. The van der Waals surface area contributed by atoms with Crippen molar-refractivity contribution in [3.8, 4) is 0 Å². The van der Waals surface area contributed by atoms with Gasteiger partial charge in [0.1, 0.15) is 0 Å². The number of thiophene rings is 1. The van der Waals surface area contributed by atoms with Gasteiger partial charge in [-0.25, -0.2) is 0 Å². The van der Waals surface area contributed by atoms with Crippen LogP contribution in [0.2, 0.25) is 4.34 Å². The van der Waals surface area contributed by atoms with Crippen LogP contribution in [0.3, 0.4) is 0 Å². The highest BCUT2D eigenvalue weighted by Crippen LogP contribution is 2.23. The van der Waals surface area contributed by atoms with Crippen LogP contribution in [0.15, 0.2) is 41.3 Å². The average molecular weight is 342 g/mol. The lowest BCUT2D eigenvalue weighted by Crippen LogP contribution is -2.32. The van der Waals surface area contributed by atoms with Crippen LogP contribution in [-0.2, 0) is 6.54 Å². The number of hydrogen-bond acceptors (Lipinski definition) is 4. The fourth-order valence-electron chi connectivity index (χ4n) is 1.91. The Morgan fingerprint density at radius 1 is 1.29 bits per heavy atom. The predicted octanol–water partition coefficient (Wildman–Crippen LogP) is 3.76. The van der Waals surface area contributed by atoms with E-state index >= 15 is 0 Å². The molecule has 0 radical (unpaired) electrons. The summed E-state index contributed by atoms with van der Waals surface area (Å²) in [5.74, 6) is -0.102. The van der Waals surface area contributed by atoms with E-state index in [1.54, 1.807) is 28.8 Å². The van der Waals surface area contributed by atoms with Crippen molar-refractivity contribution >= 4 is 40.6 Å². The van der Waals surface area contributed by atoms with Crippen molar-refractivity contribution in [1.82, 2.24) is 4.90 Å². The van der Waals surface area contributed by atoms with Crippen molar-refractivity contribution in [1.29, 1.82) is 0 Å². The van der Waals surface area contributed by atoms with Gasteiger partial charge in [0.05, 0.1) is 15.8 Å². The minimum absolute atomic E-state index is 0.0618. The van der Waals surface area contributed by atoms with Gasteiger partial charge in [-0.2, -0.15) is 0 Å². The van der Waals surface area contributed by atoms with Gasteiger partial charge in [0, 0.05) is 18.0 Å². The first-order chi connectivity index (χ1) is 10.1. The number of amides is 1. The second-order valence-electron chi connectivity index (χ2n) is 4.40. The standard InChI is InChI=1S/C15H16ClNO2S2/c1-20-12-4-2-11(3-5-12)10-17(8-9-18)15(19)13-6-7-14(16)21-13/h2-7,18H,8-10H2,1H3. The third kappa shape index (κ3) is 4.48. The molecule has 1 aromatic heterocycles. The maximum Gasteiger partial charge on any atom is 0.264 e. The first-order valence-electron chi connectivity index (χ1n) is 6.42. The van der Waals surface area contributed by atoms with Crippen LogP contribution in [0.4, 0.5) is 0 Å². The SMILES string of the molecule is CSc1ccc(CN(CCO)C(=O)c2ccc(Cl)s2)cc1. The van der Waals surface area contributed by atoms with Gasteiger partial charge >= 0.3 is 0 Å². The highest BCUT2D eigenvalue weighted by Gasteiger charge is 2.17. The van der Waals surface area contributed by atoms with E-state index in [0.29, 0.717) is 22.3 Å². The zero-order valence-corrected chi connectivity index (χ0v) is 14.0. The maximum atomic E-state index is 12.4.